The number of carbonyl (C=O) groups is 1. The number of hydrogen-bond acceptors (Lipinski definition) is 3. The van der Waals surface area contributed by atoms with Gasteiger partial charge in [-0.15, -0.1) is 0 Å². The zero-order chi connectivity index (χ0) is 12.5. The number of amides is 1. The van der Waals surface area contributed by atoms with Gasteiger partial charge in [-0.05, 0) is 12.0 Å². The Morgan fingerprint density at radius 2 is 2.18 bits per heavy atom. The molecule has 0 saturated heterocycles. The third kappa shape index (κ3) is 4.66. The van der Waals surface area contributed by atoms with Crippen LogP contribution in [-0.4, -0.2) is 5.91 Å². The third-order valence-corrected chi connectivity index (χ3v) is 2.30. The zero-order valence-electron chi connectivity index (χ0n) is 9.85. The maximum absolute atomic E-state index is 11.5. The van der Waals surface area contributed by atoms with Gasteiger partial charge in [-0.25, -0.2) is 5.48 Å². The lowest BCUT2D eigenvalue weighted by molar-refractivity contribution is -0.137. The van der Waals surface area contributed by atoms with Crippen LogP contribution in [-0.2, 0) is 16.2 Å². The number of nitrogens with zero attached hydrogens (tertiary/aromatic N) is 1. The molecule has 1 aromatic rings. The molecule has 0 bridgehead atoms. The summed E-state index contributed by atoms with van der Waals surface area (Å²) >= 11 is 0. The standard InChI is InChI=1S/C13H16N2O2/c1-2-6-12(9-14)13(16)15-17-10-11-7-4-3-5-8-11/h3-5,7-8,12H,2,6,10H2,1H3,(H,15,16). The lowest BCUT2D eigenvalue weighted by atomic mass is 10.1. The Hall–Kier alpha value is -1.86. The van der Waals surface area contributed by atoms with Crippen molar-refractivity contribution in [1.29, 1.82) is 5.26 Å². The second-order valence-corrected chi connectivity index (χ2v) is 3.71. The summed E-state index contributed by atoms with van der Waals surface area (Å²) in [5.74, 6) is -0.999. The van der Waals surface area contributed by atoms with Gasteiger partial charge in [-0.2, -0.15) is 5.26 Å². The molecule has 17 heavy (non-hydrogen) atoms. The molecule has 1 atom stereocenters. The van der Waals surface area contributed by atoms with Crippen LogP contribution >= 0.6 is 0 Å². The van der Waals surface area contributed by atoms with Crippen molar-refractivity contribution in [2.75, 3.05) is 0 Å². The molecule has 4 nitrogen and oxygen atoms in total. The maximum Gasteiger partial charge on any atom is 0.260 e. The summed E-state index contributed by atoms with van der Waals surface area (Å²) < 4.78 is 0. The molecule has 0 spiro atoms. The van der Waals surface area contributed by atoms with Gasteiger partial charge in [0, 0.05) is 0 Å². The molecule has 0 aromatic heterocycles. The van der Waals surface area contributed by atoms with Crippen LogP contribution in [0.1, 0.15) is 25.3 Å². The van der Waals surface area contributed by atoms with Crippen LogP contribution in [0, 0.1) is 17.2 Å². The summed E-state index contributed by atoms with van der Waals surface area (Å²) in [6.07, 6.45) is 1.35. The van der Waals surface area contributed by atoms with Crippen molar-refractivity contribution in [3.8, 4) is 6.07 Å². The Morgan fingerprint density at radius 1 is 1.47 bits per heavy atom. The Kier molecular flexibility index (Phi) is 5.76. The molecular weight excluding hydrogens is 216 g/mol. The van der Waals surface area contributed by atoms with E-state index in [9.17, 15) is 4.79 Å². The fourth-order valence-corrected chi connectivity index (χ4v) is 1.38. The molecule has 0 aliphatic rings. The van der Waals surface area contributed by atoms with Crippen LogP contribution in [0.15, 0.2) is 30.3 Å². The van der Waals surface area contributed by atoms with E-state index >= 15 is 0 Å². The molecule has 0 aliphatic heterocycles. The number of carbonyl (C=O) groups excluding carboxylic acids is 1. The van der Waals surface area contributed by atoms with Crippen molar-refractivity contribution in [1.82, 2.24) is 5.48 Å². The summed E-state index contributed by atoms with van der Waals surface area (Å²) in [5, 5.41) is 8.78. The highest BCUT2D eigenvalue weighted by atomic mass is 16.6. The van der Waals surface area contributed by atoms with Crippen LogP contribution in [0.3, 0.4) is 0 Å². The Labute approximate surface area is 101 Å². The first-order valence-electron chi connectivity index (χ1n) is 5.63. The van der Waals surface area contributed by atoms with Crippen LogP contribution in [0.25, 0.3) is 0 Å². The van der Waals surface area contributed by atoms with Crippen molar-refractivity contribution in [3.05, 3.63) is 35.9 Å². The SMILES string of the molecule is CCCC(C#N)C(=O)NOCc1ccccc1. The minimum Gasteiger partial charge on any atom is -0.271 e. The number of nitrogens with one attached hydrogen (secondary N) is 1. The molecule has 0 saturated carbocycles. The Morgan fingerprint density at radius 3 is 2.76 bits per heavy atom. The van der Waals surface area contributed by atoms with E-state index in [0.29, 0.717) is 13.0 Å². The fraction of sp³-hybridized carbons (Fsp3) is 0.385. The molecule has 1 unspecified atom stereocenters. The van der Waals surface area contributed by atoms with E-state index in [1.54, 1.807) is 0 Å². The van der Waals surface area contributed by atoms with E-state index in [4.69, 9.17) is 10.1 Å². The van der Waals surface area contributed by atoms with Crippen LogP contribution in [0.5, 0.6) is 0 Å². The first-order valence-corrected chi connectivity index (χ1v) is 5.63. The van der Waals surface area contributed by atoms with Crippen molar-refractivity contribution in [2.45, 2.75) is 26.4 Å². The summed E-state index contributed by atoms with van der Waals surface area (Å²) in [7, 11) is 0. The molecule has 1 aromatic carbocycles. The van der Waals surface area contributed by atoms with Gasteiger partial charge in [0.15, 0.2) is 0 Å². The fourth-order valence-electron chi connectivity index (χ4n) is 1.38. The minimum atomic E-state index is -0.629. The van der Waals surface area contributed by atoms with Gasteiger partial charge in [0.25, 0.3) is 5.91 Å². The third-order valence-electron chi connectivity index (χ3n) is 2.30. The van der Waals surface area contributed by atoms with Gasteiger partial charge < -0.3 is 0 Å². The summed E-state index contributed by atoms with van der Waals surface area (Å²) in [4.78, 5) is 16.6. The topological polar surface area (TPSA) is 62.1 Å². The van der Waals surface area contributed by atoms with Gasteiger partial charge in [0.05, 0.1) is 12.7 Å². The highest BCUT2D eigenvalue weighted by Crippen LogP contribution is 2.05. The number of hydrogen-bond donors (Lipinski definition) is 1. The number of rotatable bonds is 6. The average molecular weight is 232 g/mol. The van der Waals surface area contributed by atoms with E-state index in [2.05, 4.69) is 5.48 Å². The van der Waals surface area contributed by atoms with Gasteiger partial charge in [0.2, 0.25) is 0 Å². The van der Waals surface area contributed by atoms with Gasteiger partial charge in [-0.3, -0.25) is 9.63 Å². The van der Waals surface area contributed by atoms with E-state index in [1.165, 1.54) is 0 Å². The molecule has 1 N–H and O–H groups in total. The molecule has 0 fully saturated rings. The summed E-state index contributed by atoms with van der Waals surface area (Å²) in [5.41, 5.74) is 3.27. The molecular formula is C13H16N2O2. The van der Waals surface area contributed by atoms with E-state index in [-0.39, 0.29) is 5.91 Å². The van der Waals surface area contributed by atoms with Gasteiger partial charge in [-0.1, -0.05) is 43.7 Å². The molecule has 0 aliphatic carbocycles. The Bertz CT molecular complexity index is 384. The van der Waals surface area contributed by atoms with Crippen molar-refractivity contribution in [3.63, 3.8) is 0 Å². The van der Waals surface area contributed by atoms with Gasteiger partial charge >= 0.3 is 0 Å². The Balaban J connectivity index is 2.31. The first kappa shape index (κ1) is 13.2. The van der Waals surface area contributed by atoms with E-state index < -0.39 is 5.92 Å². The highest BCUT2D eigenvalue weighted by Gasteiger charge is 2.16. The van der Waals surface area contributed by atoms with E-state index in [1.807, 2.05) is 43.3 Å². The molecule has 4 heteroatoms. The zero-order valence-corrected chi connectivity index (χ0v) is 9.85. The molecule has 90 valence electrons. The lowest BCUT2D eigenvalue weighted by Gasteiger charge is -2.09. The highest BCUT2D eigenvalue weighted by molar-refractivity contribution is 5.79. The van der Waals surface area contributed by atoms with Crippen LogP contribution in [0.2, 0.25) is 0 Å². The van der Waals surface area contributed by atoms with Crippen molar-refractivity contribution < 1.29 is 9.63 Å². The molecule has 1 rings (SSSR count). The summed E-state index contributed by atoms with van der Waals surface area (Å²) in [6, 6.07) is 11.5. The summed E-state index contributed by atoms with van der Waals surface area (Å²) in [6.45, 7) is 2.24. The number of benzene rings is 1. The molecule has 0 heterocycles. The van der Waals surface area contributed by atoms with E-state index in [0.717, 1.165) is 12.0 Å². The number of hydroxylamine groups is 1. The normalized spacial score (nSPS) is 11.5. The second-order valence-electron chi connectivity index (χ2n) is 3.71. The predicted molar refractivity (Wildman–Crippen MR) is 63.4 cm³/mol. The van der Waals surface area contributed by atoms with Crippen molar-refractivity contribution in [2.24, 2.45) is 5.92 Å². The van der Waals surface area contributed by atoms with Crippen molar-refractivity contribution >= 4 is 5.91 Å². The van der Waals surface area contributed by atoms with Crippen LogP contribution in [0.4, 0.5) is 0 Å². The minimum absolute atomic E-state index is 0.302. The van der Waals surface area contributed by atoms with Gasteiger partial charge in [0.1, 0.15) is 5.92 Å². The molecule has 1 amide bonds. The first-order chi connectivity index (χ1) is 8.27. The van der Waals surface area contributed by atoms with Crippen LogP contribution < -0.4 is 5.48 Å². The number of nitriles is 1. The quantitative estimate of drug-likeness (QED) is 0.764. The monoisotopic (exact) mass is 232 g/mol. The second kappa shape index (κ2) is 7.42. The average Bonchev–Trinajstić information content (AvgIpc) is 2.37. The largest absolute Gasteiger partial charge is 0.271 e. The molecule has 0 radical (unpaired) electrons. The lowest BCUT2D eigenvalue weighted by Crippen LogP contribution is -2.29. The predicted octanol–water partition coefficient (Wildman–Crippen LogP) is 2.17. The smallest absolute Gasteiger partial charge is 0.260 e. The maximum atomic E-state index is 11.5.